The minimum Gasteiger partial charge on any atom is -0.383 e. The van der Waals surface area contributed by atoms with Crippen molar-refractivity contribution in [3.8, 4) is 0 Å². The second-order valence-electron chi connectivity index (χ2n) is 4.68. The summed E-state index contributed by atoms with van der Waals surface area (Å²) < 4.78 is 6.97. The second-order valence-corrected chi connectivity index (χ2v) is 4.68. The van der Waals surface area contributed by atoms with Crippen LogP contribution in [0.3, 0.4) is 0 Å². The molecule has 0 aliphatic carbocycles. The van der Waals surface area contributed by atoms with Gasteiger partial charge < -0.3 is 19.9 Å². The molecule has 0 aliphatic heterocycles. The topological polar surface area (TPSA) is 55.3 Å². The van der Waals surface area contributed by atoms with Gasteiger partial charge in [0.15, 0.2) is 0 Å². The van der Waals surface area contributed by atoms with E-state index in [0.29, 0.717) is 13.2 Å². The first-order valence-corrected chi connectivity index (χ1v) is 6.72. The predicted octanol–water partition coefficient (Wildman–Crippen LogP) is 1.12. The van der Waals surface area contributed by atoms with Gasteiger partial charge >= 0.3 is 0 Å². The Kier molecular flexibility index (Phi) is 5.15. The molecule has 0 saturated heterocycles. The summed E-state index contributed by atoms with van der Waals surface area (Å²) in [6.07, 6.45) is 1.95. The van der Waals surface area contributed by atoms with Crippen molar-refractivity contribution in [2.24, 2.45) is 0 Å². The number of aromatic nitrogens is 1. The van der Waals surface area contributed by atoms with Gasteiger partial charge in [0.25, 0.3) is 0 Å². The summed E-state index contributed by atoms with van der Waals surface area (Å²) >= 11 is 0. The largest absolute Gasteiger partial charge is 0.383 e. The zero-order valence-electron chi connectivity index (χ0n) is 12.0. The second kappa shape index (κ2) is 7.07. The first-order valence-electron chi connectivity index (χ1n) is 6.72. The molecular weight excluding hydrogens is 254 g/mol. The Labute approximate surface area is 118 Å². The smallest absolute Gasteiger partial charge is 0.239 e. The molecule has 0 fully saturated rings. The first kappa shape index (κ1) is 14.6. The summed E-state index contributed by atoms with van der Waals surface area (Å²) in [6, 6.07) is 8.34. The van der Waals surface area contributed by atoms with E-state index < -0.39 is 0 Å². The zero-order chi connectivity index (χ0) is 14.4. The number of ether oxygens (including phenoxy) is 1. The van der Waals surface area contributed by atoms with Gasteiger partial charge in [-0.3, -0.25) is 4.79 Å². The van der Waals surface area contributed by atoms with Gasteiger partial charge in [-0.25, -0.2) is 0 Å². The van der Waals surface area contributed by atoms with Crippen LogP contribution in [0, 0.1) is 0 Å². The summed E-state index contributed by atoms with van der Waals surface area (Å²) in [5, 5.41) is 7.11. The van der Waals surface area contributed by atoms with Crippen molar-refractivity contribution in [1.82, 2.24) is 15.2 Å². The van der Waals surface area contributed by atoms with E-state index in [9.17, 15) is 4.79 Å². The zero-order valence-corrected chi connectivity index (χ0v) is 12.0. The van der Waals surface area contributed by atoms with Crippen molar-refractivity contribution in [3.05, 3.63) is 36.0 Å². The lowest BCUT2D eigenvalue weighted by Gasteiger charge is -2.07. The fraction of sp³-hybridized carbons (Fsp3) is 0.400. The molecule has 2 N–H and O–H groups in total. The number of carbonyl (C=O) groups is 1. The quantitative estimate of drug-likeness (QED) is 0.745. The Hall–Kier alpha value is -1.85. The van der Waals surface area contributed by atoms with E-state index in [4.69, 9.17) is 4.74 Å². The van der Waals surface area contributed by atoms with Gasteiger partial charge in [-0.05, 0) is 23.1 Å². The monoisotopic (exact) mass is 275 g/mol. The molecule has 0 radical (unpaired) electrons. The van der Waals surface area contributed by atoms with E-state index in [1.807, 2.05) is 16.8 Å². The molecule has 0 unspecified atom stereocenters. The number of nitrogens with one attached hydrogen (secondary N) is 2. The molecule has 1 aromatic carbocycles. The van der Waals surface area contributed by atoms with Crippen molar-refractivity contribution in [2.45, 2.75) is 13.1 Å². The number of hydrogen-bond donors (Lipinski definition) is 2. The van der Waals surface area contributed by atoms with Crippen molar-refractivity contribution in [1.29, 1.82) is 0 Å². The average molecular weight is 275 g/mol. The molecule has 2 aromatic rings. The maximum atomic E-state index is 11.5. The number of amides is 1. The Bertz CT molecular complexity index is 578. The average Bonchev–Trinajstić information content (AvgIpc) is 2.86. The van der Waals surface area contributed by atoms with E-state index in [1.165, 1.54) is 5.56 Å². The number of likely N-dealkylation sites (N-methyl/N-ethyl adjacent to an activating group) is 1. The summed E-state index contributed by atoms with van der Waals surface area (Å²) in [4.78, 5) is 11.5. The van der Waals surface area contributed by atoms with Crippen LogP contribution in [0.25, 0.3) is 10.9 Å². The molecule has 0 saturated carbocycles. The molecule has 0 atom stereocenters. The summed E-state index contributed by atoms with van der Waals surface area (Å²) in [6.45, 7) is 2.67. The molecular formula is C15H21N3O2. The number of fused-ring (bicyclic) bond motifs is 1. The third-order valence-corrected chi connectivity index (χ3v) is 3.24. The highest BCUT2D eigenvalue weighted by atomic mass is 16.5. The molecule has 1 aromatic heterocycles. The van der Waals surface area contributed by atoms with Crippen LogP contribution >= 0.6 is 0 Å². The Morgan fingerprint density at radius 1 is 1.35 bits per heavy atom. The van der Waals surface area contributed by atoms with E-state index in [2.05, 4.69) is 28.8 Å². The third-order valence-electron chi connectivity index (χ3n) is 3.24. The molecule has 0 spiro atoms. The predicted molar refractivity (Wildman–Crippen MR) is 79.6 cm³/mol. The summed E-state index contributed by atoms with van der Waals surface area (Å²) in [5.74, 6) is 0.00567. The van der Waals surface area contributed by atoms with Gasteiger partial charge in [-0.1, -0.05) is 12.1 Å². The highest BCUT2D eigenvalue weighted by Crippen LogP contribution is 2.17. The Balaban J connectivity index is 2.10. The number of carbonyl (C=O) groups excluding carboxylic acids is 1. The molecule has 1 heterocycles. The van der Waals surface area contributed by atoms with Crippen LogP contribution in [0.5, 0.6) is 0 Å². The van der Waals surface area contributed by atoms with Crippen LogP contribution in [-0.2, 0) is 22.6 Å². The van der Waals surface area contributed by atoms with E-state index in [1.54, 1.807) is 14.2 Å². The highest BCUT2D eigenvalue weighted by molar-refractivity contribution is 5.83. The normalized spacial score (nSPS) is 10.9. The number of rotatable bonds is 7. The molecule has 5 nitrogen and oxygen atoms in total. The van der Waals surface area contributed by atoms with Gasteiger partial charge in [0.05, 0.1) is 6.61 Å². The molecule has 2 rings (SSSR count). The summed E-state index contributed by atoms with van der Waals surface area (Å²) in [5.41, 5.74) is 2.28. The maximum absolute atomic E-state index is 11.5. The lowest BCUT2D eigenvalue weighted by Crippen LogP contribution is -2.23. The van der Waals surface area contributed by atoms with Crippen LogP contribution in [0.1, 0.15) is 5.56 Å². The molecule has 0 aliphatic rings. The highest BCUT2D eigenvalue weighted by Gasteiger charge is 2.05. The minimum atomic E-state index is 0.00567. The van der Waals surface area contributed by atoms with Crippen molar-refractivity contribution in [3.63, 3.8) is 0 Å². The fourth-order valence-electron chi connectivity index (χ4n) is 2.12. The minimum absolute atomic E-state index is 0.00567. The van der Waals surface area contributed by atoms with Crippen molar-refractivity contribution in [2.75, 3.05) is 27.3 Å². The van der Waals surface area contributed by atoms with Crippen molar-refractivity contribution >= 4 is 16.8 Å². The molecule has 108 valence electrons. The molecule has 0 bridgehead atoms. The van der Waals surface area contributed by atoms with Gasteiger partial charge in [0.1, 0.15) is 6.54 Å². The molecule has 20 heavy (non-hydrogen) atoms. The van der Waals surface area contributed by atoms with Gasteiger partial charge in [-0.15, -0.1) is 0 Å². The Morgan fingerprint density at radius 2 is 2.20 bits per heavy atom. The lowest BCUT2D eigenvalue weighted by atomic mass is 10.1. The number of hydrogen-bond acceptors (Lipinski definition) is 3. The third kappa shape index (κ3) is 3.59. The van der Waals surface area contributed by atoms with Crippen LogP contribution in [-0.4, -0.2) is 37.8 Å². The van der Waals surface area contributed by atoms with Gasteiger partial charge in [-0.2, -0.15) is 0 Å². The number of benzene rings is 1. The number of nitrogens with zero attached hydrogens (tertiary/aromatic N) is 1. The Morgan fingerprint density at radius 3 is 2.95 bits per heavy atom. The standard InChI is InChI=1S/C15H21N3O2/c1-16-15(19)11-18-7-5-13-4-3-12(9-14(13)18)10-17-6-8-20-2/h3-5,7,9,17H,6,8,10-11H2,1-2H3,(H,16,19). The van der Waals surface area contributed by atoms with Crippen LogP contribution in [0.2, 0.25) is 0 Å². The van der Waals surface area contributed by atoms with Crippen LogP contribution in [0.15, 0.2) is 30.5 Å². The first-order chi connectivity index (χ1) is 9.74. The maximum Gasteiger partial charge on any atom is 0.239 e. The van der Waals surface area contributed by atoms with Gasteiger partial charge in [0.2, 0.25) is 5.91 Å². The van der Waals surface area contributed by atoms with E-state index in [0.717, 1.165) is 24.0 Å². The van der Waals surface area contributed by atoms with Crippen LogP contribution in [0.4, 0.5) is 0 Å². The summed E-state index contributed by atoms with van der Waals surface area (Å²) in [7, 11) is 3.35. The van der Waals surface area contributed by atoms with Gasteiger partial charge in [0, 0.05) is 39.0 Å². The lowest BCUT2D eigenvalue weighted by molar-refractivity contribution is -0.121. The SMILES string of the molecule is CNC(=O)Cn1ccc2ccc(CNCCOC)cc21. The van der Waals surface area contributed by atoms with Crippen LogP contribution < -0.4 is 10.6 Å². The molecule has 1 amide bonds. The van der Waals surface area contributed by atoms with E-state index >= 15 is 0 Å². The molecule has 5 heteroatoms. The fourth-order valence-corrected chi connectivity index (χ4v) is 2.12. The van der Waals surface area contributed by atoms with Crippen molar-refractivity contribution < 1.29 is 9.53 Å². The number of methoxy groups -OCH3 is 1. The van der Waals surface area contributed by atoms with E-state index in [-0.39, 0.29) is 5.91 Å².